The number of rotatable bonds is 9. The fourth-order valence-electron chi connectivity index (χ4n) is 3.98. The van der Waals surface area contributed by atoms with Crippen molar-refractivity contribution in [1.82, 2.24) is 15.6 Å². The molecule has 1 aliphatic rings. The number of ether oxygens (including phenoxy) is 1. The van der Waals surface area contributed by atoms with Crippen molar-refractivity contribution in [2.24, 2.45) is 0 Å². The molecule has 2 atom stereocenters. The Labute approximate surface area is 172 Å². The van der Waals surface area contributed by atoms with Crippen LogP contribution in [0.15, 0.2) is 48.8 Å². The highest BCUT2D eigenvalue weighted by Gasteiger charge is 2.38. The summed E-state index contributed by atoms with van der Waals surface area (Å²) < 4.78 is 5.31. The van der Waals surface area contributed by atoms with Crippen LogP contribution < -0.4 is 15.4 Å². The van der Waals surface area contributed by atoms with Crippen LogP contribution in [0.2, 0.25) is 0 Å². The lowest BCUT2D eigenvalue weighted by Gasteiger charge is -2.29. The number of nitrogens with one attached hydrogen (secondary N) is 2. The van der Waals surface area contributed by atoms with Gasteiger partial charge in [0.1, 0.15) is 5.75 Å². The molecular weight excluding hydrogens is 366 g/mol. The molecule has 2 aromatic rings. The van der Waals surface area contributed by atoms with Crippen LogP contribution in [0.4, 0.5) is 0 Å². The summed E-state index contributed by atoms with van der Waals surface area (Å²) in [6.07, 6.45) is 7.22. The number of hydrogen-bond donors (Lipinski definition) is 2. The summed E-state index contributed by atoms with van der Waals surface area (Å²) in [5.41, 5.74) is 1.81. The van der Waals surface area contributed by atoms with Crippen molar-refractivity contribution >= 4 is 11.8 Å². The van der Waals surface area contributed by atoms with E-state index >= 15 is 0 Å². The highest BCUT2D eigenvalue weighted by molar-refractivity contribution is 5.80. The van der Waals surface area contributed by atoms with Gasteiger partial charge in [-0.1, -0.05) is 18.2 Å². The first-order valence-electron chi connectivity index (χ1n) is 10.1. The van der Waals surface area contributed by atoms with E-state index in [1.807, 2.05) is 49.5 Å². The average Bonchev–Trinajstić information content (AvgIpc) is 3.08. The first kappa shape index (κ1) is 20.8. The number of methoxy groups -OCH3 is 1. The smallest absolute Gasteiger partial charge is 0.220 e. The van der Waals surface area contributed by atoms with Crippen LogP contribution in [0, 0.1) is 0 Å². The zero-order valence-electron chi connectivity index (χ0n) is 17.1. The van der Waals surface area contributed by atoms with Crippen LogP contribution >= 0.6 is 0 Å². The summed E-state index contributed by atoms with van der Waals surface area (Å²) in [6, 6.07) is 11.8. The minimum Gasteiger partial charge on any atom is -0.497 e. The van der Waals surface area contributed by atoms with Crippen LogP contribution in [0.1, 0.15) is 43.7 Å². The monoisotopic (exact) mass is 395 g/mol. The minimum atomic E-state index is -0.382. The predicted octanol–water partition coefficient (Wildman–Crippen LogP) is 2.81. The molecule has 1 saturated heterocycles. The molecule has 0 aliphatic carbocycles. The van der Waals surface area contributed by atoms with Crippen LogP contribution in [0.25, 0.3) is 0 Å². The Morgan fingerprint density at radius 3 is 2.83 bits per heavy atom. The second-order valence-corrected chi connectivity index (χ2v) is 7.89. The average molecular weight is 396 g/mol. The molecule has 6 heteroatoms. The molecule has 1 aliphatic heterocycles. The lowest BCUT2D eigenvalue weighted by molar-refractivity contribution is -0.123. The van der Waals surface area contributed by atoms with Gasteiger partial charge in [-0.15, -0.1) is 0 Å². The predicted molar refractivity (Wildman–Crippen MR) is 112 cm³/mol. The Bertz CT molecular complexity index is 840. The van der Waals surface area contributed by atoms with Gasteiger partial charge >= 0.3 is 0 Å². The lowest BCUT2D eigenvalue weighted by Crippen LogP contribution is -2.45. The summed E-state index contributed by atoms with van der Waals surface area (Å²) in [6.45, 7) is 1.99. The van der Waals surface area contributed by atoms with Crippen LogP contribution in [-0.2, 0) is 22.4 Å². The van der Waals surface area contributed by atoms with E-state index in [1.165, 1.54) is 0 Å². The molecule has 3 rings (SSSR count). The van der Waals surface area contributed by atoms with Crippen molar-refractivity contribution in [3.63, 3.8) is 0 Å². The van der Waals surface area contributed by atoms with Crippen molar-refractivity contribution in [3.05, 3.63) is 59.9 Å². The van der Waals surface area contributed by atoms with Crippen molar-refractivity contribution in [3.8, 4) is 5.75 Å². The van der Waals surface area contributed by atoms with E-state index in [-0.39, 0.29) is 23.4 Å². The molecule has 2 N–H and O–H groups in total. The number of aromatic nitrogens is 1. The van der Waals surface area contributed by atoms with Gasteiger partial charge in [0.2, 0.25) is 11.8 Å². The maximum absolute atomic E-state index is 12.5. The summed E-state index contributed by atoms with van der Waals surface area (Å²) in [7, 11) is 1.64. The van der Waals surface area contributed by atoms with Gasteiger partial charge in [-0.2, -0.15) is 0 Å². The molecule has 0 spiro atoms. The van der Waals surface area contributed by atoms with E-state index < -0.39 is 0 Å². The van der Waals surface area contributed by atoms with Gasteiger partial charge in [-0.25, -0.2) is 0 Å². The van der Waals surface area contributed by atoms with E-state index in [2.05, 4.69) is 15.6 Å². The van der Waals surface area contributed by atoms with Gasteiger partial charge in [0.25, 0.3) is 0 Å². The molecule has 0 unspecified atom stereocenters. The number of nitrogens with zero attached hydrogens (tertiary/aromatic N) is 1. The molecule has 1 aromatic carbocycles. The quantitative estimate of drug-likeness (QED) is 0.684. The molecule has 0 radical (unpaired) electrons. The van der Waals surface area contributed by atoms with E-state index in [0.29, 0.717) is 25.7 Å². The largest absolute Gasteiger partial charge is 0.497 e. The molecular formula is C23H29N3O3. The molecule has 29 heavy (non-hydrogen) atoms. The zero-order valence-corrected chi connectivity index (χ0v) is 17.1. The first-order chi connectivity index (χ1) is 14.0. The highest BCUT2D eigenvalue weighted by atomic mass is 16.5. The lowest BCUT2D eigenvalue weighted by atomic mass is 9.85. The topological polar surface area (TPSA) is 80.3 Å². The molecule has 1 fully saturated rings. The second kappa shape index (κ2) is 9.54. The molecule has 0 saturated carbocycles. The third-order valence-corrected chi connectivity index (χ3v) is 5.41. The van der Waals surface area contributed by atoms with Gasteiger partial charge in [0.05, 0.1) is 7.11 Å². The van der Waals surface area contributed by atoms with E-state index in [9.17, 15) is 9.59 Å². The number of carbonyl (C=O) groups excluding carboxylic acids is 2. The van der Waals surface area contributed by atoms with Crippen molar-refractivity contribution < 1.29 is 14.3 Å². The van der Waals surface area contributed by atoms with E-state index in [4.69, 9.17) is 4.74 Å². The molecule has 1 aromatic heterocycles. The third-order valence-electron chi connectivity index (χ3n) is 5.41. The minimum absolute atomic E-state index is 0.00700. The molecule has 154 valence electrons. The third kappa shape index (κ3) is 6.04. The van der Waals surface area contributed by atoms with Crippen LogP contribution in [0.5, 0.6) is 5.75 Å². The number of amides is 2. The Morgan fingerprint density at radius 2 is 2.14 bits per heavy atom. The summed E-state index contributed by atoms with van der Waals surface area (Å²) in [5, 5.41) is 6.20. The maximum Gasteiger partial charge on any atom is 0.220 e. The SMILES string of the molecule is COc1cccc(C[C@]2(CCC(=O)N[C@@H](C)Cc3cccnc3)CCC(=O)N2)c1. The number of benzene rings is 1. The normalized spacial score (nSPS) is 19.4. The standard InChI is InChI=1S/C23H29N3O3/c1-17(13-19-6-4-12-24-16-19)25-21(27)8-10-23(11-9-22(28)26-23)15-18-5-3-7-20(14-18)29-2/h3-7,12,14,16-17H,8-11,13,15H2,1-2H3,(H,25,27)(H,26,28)/t17-,23-/m0/s1. The Kier molecular flexibility index (Phi) is 6.86. The van der Waals surface area contributed by atoms with E-state index in [1.54, 1.807) is 13.3 Å². The van der Waals surface area contributed by atoms with Gasteiger partial charge in [-0.05, 0) is 61.9 Å². The van der Waals surface area contributed by atoms with Gasteiger partial charge in [0.15, 0.2) is 0 Å². The second-order valence-electron chi connectivity index (χ2n) is 7.89. The van der Waals surface area contributed by atoms with Gasteiger partial charge in [-0.3, -0.25) is 14.6 Å². The van der Waals surface area contributed by atoms with Crippen molar-refractivity contribution in [2.45, 2.75) is 57.0 Å². The molecule has 0 bridgehead atoms. The Balaban J connectivity index is 1.57. The van der Waals surface area contributed by atoms with Gasteiger partial charge in [0, 0.05) is 36.8 Å². The van der Waals surface area contributed by atoms with Crippen LogP contribution in [0.3, 0.4) is 0 Å². The number of hydrogen-bond acceptors (Lipinski definition) is 4. The Hall–Kier alpha value is -2.89. The van der Waals surface area contributed by atoms with Crippen molar-refractivity contribution in [1.29, 1.82) is 0 Å². The summed E-state index contributed by atoms with van der Waals surface area (Å²) in [5.74, 6) is 0.856. The Morgan fingerprint density at radius 1 is 1.31 bits per heavy atom. The first-order valence-corrected chi connectivity index (χ1v) is 10.1. The summed E-state index contributed by atoms with van der Waals surface area (Å²) in [4.78, 5) is 28.6. The zero-order chi connectivity index (χ0) is 20.7. The fraction of sp³-hybridized carbons (Fsp3) is 0.435. The fourth-order valence-corrected chi connectivity index (χ4v) is 3.98. The maximum atomic E-state index is 12.5. The van der Waals surface area contributed by atoms with E-state index in [0.717, 1.165) is 29.7 Å². The molecule has 2 heterocycles. The molecule has 2 amide bonds. The number of carbonyl (C=O) groups is 2. The van der Waals surface area contributed by atoms with Crippen LogP contribution in [-0.4, -0.2) is 35.5 Å². The molecule has 6 nitrogen and oxygen atoms in total. The summed E-state index contributed by atoms with van der Waals surface area (Å²) >= 11 is 0. The van der Waals surface area contributed by atoms with Gasteiger partial charge < -0.3 is 15.4 Å². The van der Waals surface area contributed by atoms with Crippen molar-refractivity contribution in [2.75, 3.05) is 7.11 Å². The highest BCUT2D eigenvalue weighted by Crippen LogP contribution is 2.30. The number of pyridine rings is 1.